The molecule has 2 heterocycles. The highest BCUT2D eigenvalue weighted by atomic mass is 16.1. The Morgan fingerprint density at radius 2 is 1.90 bits per heavy atom. The Morgan fingerprint density at radius 1 is 1.14 bits per heavy atom. The average molecular weight is 280 g/mol. The molecule has 1 N–H and O–H groups in total. The minimum atomic E-state index is -0.159. The van der Waals surface area contributed by atoms with Crippen LogP contribution in [0.25, 0.3) is 11.0 Å². The number of nitrogens with zero attached hydrogens (tertiary/aromatic N) is 3. The van der Waals surface area contributed by atoms with Crippen molar-refractivity contribution < 1.29 is 4.79 Å². The molecule has 0 spiro atoms. The fraction of sp³-hybridized carbons (Fsp3) is 0.188. The second-order valence-corrected chi connectivity index (χ2v) is 5.07. The predicted octanol–water partition coefficient (Wildman–Crippen LogP) is 2.84. The van der Waals surface area contributed by atoms with Gasteiger partial charge in [0.15, 0.2) is 11.5 Å². The lowest BCUT2D eigenvalue weighted by atomic mass is 10.1. The lowest BCUT2D eigenvalue weighted by Crippen LogP contribution is -2.14. The number of rotatable bonds is 2. The summed E-state index contributed by atoms with van der Waals surface area (Å²) in [7, 11) is 1.82. The smallest absolute Gasteiger partial charge is 0.257 e. The van der Waals surface area contributed by atoms with E-state index in [2.05, 4.69) is 15.4 Å². The van der Waals surface area contributed by atoms with E-state index in [9.17, 15) is 4.79 Å². The summed E-state index contributed by atoms with van der Waals surface area (Å²) in [5, 5.41) is 8.06. The van der Waals surface area contributed by atoms with E-state index in [1.54, 1.807) is 10.7 Å². The molecule has 1 aromatic carbocycles. The van der Waals surface area contributed by atoms with Crippen molar-refractivity contribution in [3.8, 4) is 0 Å². The van der Waals surface area contributed by atoms with E-state index in [4.69, 9.17) is 0 Å². The molecule has 0 aliphatic rings. The van der Waals surface area contributed by atoms with Gasteiger partial charge in [0.2, 0.25) is 0 Å². The van der Waals surface area contributed by atoms with Crippen LogP contribution in [0.3, 0.4) is 0 Å². The topological polar surface area (TPSA) is 59.8 Å². The maximum Gasteiger partial charge on any atom is 0.257 e. The Morgan fingerprint density at radius 3 is 2.67 bits per heavy atom. The average Bonchev–Trinajstić information content (AvgIpc) is 2.75. The van der Waals surface area contributed by atoms with Crippen LogP contribution < -0.4 is 5.32 Å². The molecule has 106 valence electrons. The lowest BCUT2D eigenvalue weighted by molar-refractivity contribution is 0.102. The molecular formula is C16H16N4O. The third-order valence-electron chi connectivity index (χ3n) is 3.45. The highest BCUT2D eigenvalue weighted by Crippen LogP contribution is 2.22. The first kappa shape index (κ1) is 13.3. The summed E-state index contributed by atoms with van der Waals surface area (Å²) >= 11 is 0. The van der Waals surface area contributed by atoms with Gasteiger partial charge in [0.1, 0.15) is 0 Å². The number of carbonyl (C=O) groups excluding carboxylic acids is 1. The molecule has 1 amide bonds. The van der Waals surface area contributed by atoms with E-state index in [0.717, 1.165) is 22.3 Å². The molecule has 0 aliphatic carbocycles. The van der Waals surface area contributed by atoms with Crippen LogP contribution >= 0.6 is 0 Å². The Hall–Kier alpha value is -2.69. The van der Waals surface area contributed by atoms with Crippen LogP contribution in [-0.4, -0.2) is 20.7 Å². The molecule has 0 bridgehead atoms. The van der Waals surface area contributed by atoms with E-state index in [-0.39, 0.29) is 5.91 Å². The largest absolute Gasteiger partial charge is 0.304 e. The van der Waals surface area contributed by atoms with Crippen molar-refractivity contribution in [2.45, 2.75) is 13.8 Å². The fourth-order valence-corrected chi connectivity index (χ4v) is 2.32. The Labute approximate surface area is 122 Å². The molecule has 2 aromatic heterocycles. The summed E-state index contributed by atoms with van der Waals surface area (Å²) in [5.74, 6) is 0.377. The molecule has 0 fully saturated rings. The fourth-order valence-electron chi connectivity index (χ4n) is 2.32. The van der Waals surface area contributed by atoms with E-state index in [0.29, 0.717) is 11.4 Å². The van der Waals surface area contributed by atoms with Crippen LogP contribution in [0, 0.1) is 13.8 Å². The van der Waals surface area contributed by atoms with Gasteiger partial charge in [-0.1, -0.05) is 18.2 Å². The van der Waals surface area contributed by atoms with Gasteiger partial charge >= 0.3 is 0 Å². The minimum absolute atomic E-state index is 0.159. The second-order valence-electron chi connectivity index (χ2n) is 5.07. The number of pyridine rings is 1. The number of aromatic nitrogens is 3. The molecule has 21 heavy (non-hydrogen) atoms. The molecule has 5 heteroatoms. The van der Waals surface area contributed by atoms with Gasteiger partial charge in [0.05, 0.1) is 5.39 Å². The molecule has 0 atom stereocenters. The number of aryl methyl sites for hydroxylation is 3. The quantitative estimate of drug-likeness (QED) is 0.785. The Kier molecular flexibility index (Phi) is 3.17. The number of benzene rings is 1. The summed E-state index contributed by atoms with van der Waals surface area (Å²) in [5.41, 5.74) is 3.26. The van der Waals surface area contributed by atoms with Crippen molar-refractivity contribution in [2.24, 2.45) is 7.05 Å². The zero-order chi connectivity index (χ0) is 15.0. The molecule has 3 rings (SSSR count). The van der Waals surface area contributed by atoms with E-state index in [1.807, 2.05) is 51.2 Å². The second kappa shape index (κ2) is 5.01. The highest BCUT2D eigenvalue weighted by molar-refractivity contribution is 6.08. The number of anilines is 1. The number of fused-ring (bicyclic) bond motifs is 1. The normalized spacial score (nSPS) is 10.8. The van der Waals surface area contributed by atoms with Crippen molar-refractivity contribution >= 4 is 22.8 Å². The van der Waals surface area contributed by atoms with Gasteiger partial charge in [-0.15, -0.1) is 0 Å². The molecule has 3 aromatic rings. The van der Waals surface area contributed by atoms with Crippen LogP contribution in [0.4, 0.5) is 5.82 Å². The maximum absolute atomic E-state index is 12.4. The van der Waals surface area contributed by atoms with Gasteiger partial charge in [-0.25, -0.2) is 9.67 Å². The highest BCUT2D eigenvalue weighted by Gasteiger charge is 2.14. The lowest BCUT2D eigenvalue weighted by Gasteiger charge is -2.05. The van der Waals surface area contributed by atoms with Crippen LogP contribution in [-0.2, 0) is 7.05 Å². The summed E-state index contributed by atoms with van der Waals surface area (Å²) < 4.78 is 1.68. The third-order valence-corrected chi connectivity index (χ3v) is 3.45. The SMILES string of the molecule is Cc1ccc2c(NC(=O)c3ccccc3C)nn(C)c2n1. The number of hydrogen-bond acceptors (Lipinski definition) is 3. The number of hydrogen-bond donors (Lipinski definition) is 1. The zero-order valence-corrected chi connectivity index (χ0v) is 12.2. The molecular weight excluding hydrogens is 264 g/mol. The summed E-state index contributed by atoms with van der Waals surface area (Å²) in [6.45, 7) is 3.84. The summed E-state index contributed by atoms with van der Waals surface area (Å²) in [6.07, 6.45) is 0. The van der Waals surface area contributed by atoms with Gasteiger partial charge in [-0.3, -0.25) is 4.79 Å². The first-order valence-electron chi connectivity index (χ1n) is 6.73. The summed E-state index contributed by atoms with van der Waals surface area (Å²) in [4.78, 5) is 16.8. The molecule has 0 saturated heterocycles. The molecule has 0 radical (unpaired) electrons. The van der Waals surface area contributed by atoms with Crippen molar-refractivity contribution in [3.05, 3.63) is 53.2 Å². The number of carbonyl (C=O) groups is 1. The van der Waals surface area contributed by atoms with Crippen molar-refractivity contribution in [1.29, 1.82) is 0 Å². The Balaban J connectivity index is 1.99. The zero-order valence-electron chi connectivity index (χ0n) is 12.2. The van der Waals surface area contributed by atoms with Crippen LogP contribution in [0.2, 0.25) is 0 Å². The predicted molar refractivity (Wildman–Crippen MR) is 82.4 cm³/mol. The van der Waals surface area contributed by atoms with E-state index >= 15 is 0 Å². The first-order chi connectivity index (χ1) is 10.1. The third kappa shape index (κ3) is 2.38. The van der Waals surface area contributed by atoms with Crippen LogP contribution in [0.1, 0.15) is 21.6 Å². The number of amides is 1. The van der Waals surface area contributed by atoms with Crippen LogP contribution in [0.5, 0.6) is 0 Å². The first-order valence-corrected chi connectivity index (χ1v) is 6.73. The van der Waals surface area contributed by atoms with Gasteiger partial charge in [0.25, 0.3) is 5.91 Å². The molecule has 5 nitrogen and oxygen atoms in total. The molecule has 0 aliphatic heterocycles. The van der Waals surface area contributed by atoms with Gasteiger partial charge in [-0.2, -0.15) is 5.10 Å². The van der Waals surface area contributed by atoms with Crippen molar-refractivity contribution in [3.63, 3.8) is 0 Å². The molecule has 0 unspecified atom stereocenters. The van der Waals surface area contributed by atoms with Gasteiger partial charge in [0, 0.05) is 18.3 Å². The maximum atomic E-state index is 12.4. The summed E-state index contributed by atoms with van der Waals surface area (Å²) in [6, 6.07) is 11.3. The standard InChI is InChI=1S/C16H16N4O/c1-10-6-4-5-7-12(10)16(21)18-14-13-9-8-11(2)17-15(13)20(3)19-14/h4-9H,1-3H3,(H,18,19,21). The number of nitrogens with one attached hydrogen (secondary N) is 1. The molecule has 0 saturated carbocycles. The van der Waals surface area contributed by atoms with Crippen LogP contribution in [0.15, 0.2) is 36.4 Å². The van der Waals surface area contributed by atoms with Gasteiger partial charge < -0.3 is 5.32 Å². The van der Waals surface area contributed by atoms with E-state index < -0.39 is 0 Å². The van der Waals surface area contributed by atoms with Gasteiger partial charge in [-0.05, 0) is 37.6 Å². The Bertz CT molecular complexity index is 835. The van der Waals surface area contributed by atoms with E-state index in [1.165, 1.54) is 0 Å². The van der Waals surface area contributed by atoms with Crippen molar-refractivity contribution in [1.82, 2.24) is 14.8 Å². The van der Waals surface area contributed by atoms with Crippen molar-refractivity contribution in [2.75, 3.05) is 5.32 Å². The monoisotopic (exact) mass is 280 g/mol. The minimum Gasteiger partial charge on any atom is -0.304 e.